The second-order valence-corrected chi connectivity index (χ2v) is 8.82. The van der Waals surface area contributed by atoms with Gasteiger partial charge in [0.25, 0.3) is 15.9 Å². The van der Waals surface area contributed by atoms with Crippen LogP contribution in [0.3, 0.4) is 0 Å². The van der Waals surface area contributed by atoms with Crippen LogP contribution in [0.1, 0.15) is 10.4 Å². The van der Waals surface area contributed by atoms with Crippen LogP contribution in [-0.4, -0.2) is 21.4 Å². The van der Waals surface area contributed by atoms with Crippen LogP contribution in [0.15, 0.2) is 71.6 Å². The monoisotopic (exact) mass is 452 g/mol. The maximum absolute atomic E-state index is 13.7. The van der Waals surface area contributed by atoms with Gasteiger partial charge in [-0.2, -0.15) is 0 Å². The quantitative estimate of drug-likeness (QED) is 0.540. The number of benzene rings is 3. The largest absolute Gasteiger partial charge is 0.322 e. The Bertz CT molecular complexity index is 1170. The zero-order valence-electron chi connectivity index (χ0n) is 15.1. The van der Waals surface area contributed by atoms with Crippen molar-refractivity contribution in [2.75, 3.05) is 16.7 Å². The molecule has 3 rings (SSSR count). The van der Waals surface area contributed by atoms with Crippen LogP contribution in [0.4, 0.5) is 15.8 Å². The lowest BCUT2D eigenvalue weighted by atomic mass is 10.2. The van der Waals surface area contributed by atoms with Crippen molar-refractivity contribution in [3.8, 4) is 0 Å². The van der Waals surface area contributed by atoms with Crippen LogP contribution in [0.5, 0.6) is 0 Å². The fraction of sp³-hybridized carbons (Fsp3) is 0.0500. The van der Waals surface area contributed by atoms with Gasteiger partial charge in [-0.05, 0) is 42.5 Å². The first-order valence-electron chi connectivity index (χ1n) is 8.30. The minimum absolute atomic E-state index is 0.0185. The van der Waals surface area contributed by atoms with Gasteiger partial charge in [0.15, 0.2) is 0 Å². The molecule has 0 aromatic heterocycles. The van der Waals surface area contributed by atoms with Crippen LogP contribution in [0.2, 0.25) is 10.0 Å². The molecule has 5 nitrogen and oxygen atoms in total. The van der Waals surface area contributed by atoms with Crippen molar-refractivity contribution in [1.82, 2.24) is 0 Å². The number of anilines is 2. The molecule has 0 heterocycles. The highest BCUT2D eigenvalue weighted by Crippen LogP contribution is 2.27. The molecule has 3 aromatic rings. The van der Waals surface area contributed by atoms with Gasteiger partial charge in [0.05, 0.1) is 26.2 Å². The van der Waals surface area contributed by atoms with Gasteiger partial charge in [-0.25, -0.2) is 12.8 Å². The van der Waals surface area contributed by atoms with Crippen molar-refractivity contribution >= 4 is 50.5 Å². The summed E-state index contributed by atoms with van der Waals surface area (Å²) in [7, 11) is -2.42. The number of amides is 1. The summed E-state index contributed by atoms with van der Waals surface area (Å²) >= 11 is 11.6. The third-order valence-electron chi connectivity index (χ3n) is 4.12. The van der Waals surface area contributed by atoms with E-state index in [0.29, 0.717) is 5.69 Å². The van der Waals surface area contributed by atoms with Gasteiger partial charge in [-0.15, -0.1) is 0 Å². The molecule has 0 aliphatic carbocycles. The molecule has 0 saturated heterocycles. The molecule has 29 heavy (non-hydrogen) atoms. The number of sulfonamides is 1. The summed E-state index contributed by atoms with van der Waals surface area (Å²) in [6, 6.07) is 16.4. The second kappa shape index (κ2) is 8.41. The molecule has 0 aliphatic heterocycles. The molecule has 1 N–H and O–H groups in total. The first kappa shape index (κ1) is 21.1. The fourth-order valence-electron chi connectivity index (χ4n) is 2.56. The van der Waals surface area contributed by atoms with E-state index in [1.165, 1.54) is 31.3 Å². The first-order chi connectivity index (χ1) is 13.7. The van der Waals surface area contributed by atoms with Crippen molar-refractivity contribution in [2.45, 2.75) is 4.90 Å². The van der Waals surface area contributed by atoms with Crippen molar-refractivity contribution in [1.29, 1.82) is 0 Å². The molecule has 0 unspecified atom stereocenters. The molecular formula is C20H15Cl2FN2O3S. The lowest BCUT2D eigenvalue weighted by Crippen LogP contribution is -2.26. The number of nitrogens with one attached hydrogen (secondary N) is 1. The van der Waals surface area contributed by atoms with Gasteiger partial charge in [0.2, 0.25) is 0 Å². The van der Waals surface area contributed by atoms with E-state index in [-0.39, 0.29) is 26.2 Å². The highest BCUT2D eigenvalue weighted by molar-refractivity contribution is 7.92. The highest BCUT2D eigenvalue weighted by Gasteiger charge is 2.22. The van der Waals surface area contributed by atoms with E-state index in [4.69, 9.17) is 23.2 Å². The predicted molar refractivity (Wildman–Crippen MR) is 113 cm³/mol. The van der Waals surface area contributed by atoms with E-state index < -0.39 is 21.7 Å². The Morgan fingerprint density at radius 3 is 2.34 bits per heavy atom. The fourth-order valence-corrected chi connectivity index (χ4v) is 4.28. The normalized spacial score (nSPS) is 11.2. The minimum Gasteiger partial charge on any atom is -0.322 e. The van der Waals surface area contributed by atoms with Crippen LogP contribution < -0.4 is 9.62 Å². The Morgan fingerprint density at radius 1 is 0.966 bits per heavy atom. The summed E-state index contributed by atoms with van der Waals surface area (Å²) in [6.45, 7) is 0. The molecule has 0 radical (unpaired) electrons. The van der Waals surface area contributed by atoms with Gasteiger partial charge in [0.1, 0.15) is 5.82 Å². The molecule has 0 bridgehead atoms. The smallest absolute Gasteiger partial charge is 0.264 e. The summed E-state index contributed by atoms with van der Waals surface area (Å²) in [5.41, 5.74) is 0.581. The topological polar surface area (TPSA) is 66.5 Å². The number of hydrogen-bond donors (Lipinski definition) is 1. The maximum atomic E-state index is 13.7. The molecule has 150 valence electrons. The average molecular weight is 453 g/mol. The lowest BCUT2D eigenvalue weighted by molar-refractivity contribution is 0.102. The van der Waals surface area contributed by atoms with Crippen molar-refractivity contribution in [2.24, 2.45) is 0 Å². The Kier molecular flexibility index (Phi) is 6.12. The van der Waals surface area contributed by atoms with E-state index in [2.05, 4.69) is 5.32 Å². The van der Waals surface area contributed by atoms with E-state index in [0.717, 1.165) is 16.4 Å². The van der Waals surface area contributed by atoms with Crippen LogP contribution in [0.25, 0.3) is 0 Å². The standard InChI is InChI=1S/C20H15Cl2FN2O3S/c1-25(14-7-3-2-4-8-14)29(27,28)15-9-5-6-13(10-15)24-20(26)16-11-19(23)18(22)12-17(16)21/h2-12H,1H3,(H,24,26). The van der Waals surface area contributed by atoms with Gasteiger partial charge in [0, 0.05) is 12.7 Å². The average Bonchev–Trinajstić information content (AvgIpc) is 2.71. The van der Waals surface area contributed by atoms with Crippen molar-refractivity contribution < 1.29 is 17.6 Å². The Labute approximate surface area is 177 Å². The molecule has 0 fully saturated rings. The van der Waals surface area contributed by atoms with E-state index >= 15 is 0 Å². The van der Waals surface area contributed by atoms with Crippen LogP contribution in [-0.2, 0) is 10.0 Å². The van der Waals surface area contributed by atoms with Gasteiger partial charge in [-0.3, -0.25) is 9.10 Å². The summed E-state index contributed by atoms with van der Waals surface area (Å²) < 4.78 is 40.6. The van der Waals surface area contributed by atoms with E-state index in [1.807, 2.05) is 0 Å². The minimum atomic E-state index is -3.86. The lowest BCUT2D eigenvalue weighted by Gasteiger charge is -2.20. The molecule has 3 aromatic carbocycles. The molecule has 0 atom stereocenters. The Morgan fingerprint density at radius 2 is 1.66 bits per heavy atom. The molecule has 0 aliphatic rings. The molecule has 9 heteroatoms. The Balaban J connectivity index is 1.88. The number of halogens is 3. The summed E-state index contributed by atoms with van der Waals surface area (Å²) in [4.78, 5) is 12.4. The van der Waals surface area contributed by atoms with Crippen LogP contribution >= 0.6 is 23.2 Å². The van der Waals surface area contributed by atoms with E-state index in [9.17, 15) is 17.6 Å². The zero-order valence-corrected chi connectivity index (χ0v) is 17.4. The number of hydrogen-bond acceptors (Lipinski definition) is 3. The van der Waals surface area contributed by atoms with Crippen LogP contribution in [0, 0.1) is 5.82 Å². The number of rotatable bonds is 5. The number of nitrogens with zero attached hydrogens (tertiary/aromatic N) is 1. The van der Waals surface area contributed by atoms with Gasteiger partial charge in [-0.1, -0.05) is 47.5 Å². The molecule has 0 saturated carbocycles. The molecular weight excluding hydrogens is 438 g/mol. The van der Waals surface area contributed by atoms with Crippen molar-refractivity contribution in [3.05, 3.63) is 88.2 Å². The summed E-state index contributed by atoms with van der Waals surface area (Å²) in [5, 5.41) is 2.29. The maximum Gasteiger partial charge on any atom is 0.264 e. The van der Waals surface area contributed by atoms with Crippen molar-refractivity contribution in [3.63, 3.8) is 0 Å². The second-order valence-electron chi connectivity index (χ2n) is 6.04. The number of para-hydroxylation sites is 1. The molecule has 1 amide bonds. The first-order valence-corrected chi connectivity index (χ1v) is 10.5. The van der Waals surface area contributed by atoms with Gasteiger partial charge >= 0.3 is 0 Å². The third kappa shape index (κ3) is 4.53. The third-order valence-corrected chi connectivity index (χ3v) is 6.51. The number of carbonyl (C=O) groups excluding carboxylic acids is 1. The SMILES string of the molecule is CN(c1ccccc1)S(=O)(=O)c1cccc(NC(=O)c2cc(F)c(Cl)cc2Cl)c1. The van der Waals surface area contributed by atoms with Gasteiger partial charge < -0.3 is 5.32 Å². The highest BCUT2D eigenvalue weighted by atomic mass is 35.5. The summed E-state index contributed by atoms with van der Waals surface area (Å²) in [6.07, 6.45) is 0. The predicted octanol–water partition coefficient (Wildman–Crippen LogP) is 5.21. The number of carbonyl (C=O) groups is 1. The summed E-state index contributed by atoms with van der Waals surface area (Å²) in [5.74, 6) is -1.49. The molecule has 0 spiro atoms. The Hall–Kier alpha value is -2.61. The van der Waals surface area contributed by atoms with E-state index in [1.54, 1.807) is 30.3 Å². The zero-order chi connectivity index (χ0) is 21.2.